The Kier molecular flexibility index (Phi) is 4.48. The molecule has 0 aliphatic heterocycles. The lowest BCUT2D eigenvalue weighted by atomic mass is 10.3. The van der Waals surface area contributed by atoms with Gasteiger partial charge in [0.2, 0.25) is 10.0 Å². The largest absolute Gasteiger partial charge is 0.398 e. The van der Waals surface area contributed by atoms with Crippen LogP contribution in [0.2, 0.25) is 0 Å². The van der Waals surface area contributed by atoms with Crippen molar-refractivity contribution < 1.29 is 12.8 Å². The number of hydrogen-bond acceptors (Lipinski definition) is 4. The van der Waals surface area contributed by atoms with E-state index >= 15 is 0 Å². The van der Waals surface area contributed by atoms with Gasteiger partial charge in [0.15, 0.2) is 0 Å². The summed E-state index contributed by atoms with van der Waals surface area (Å²) in [5.74, 6) is -0.602. The Morgan fingerprint density at radius 2 is 2.10 bits per heavy atom. The molecule has 0 saturated heterocycles. The van der Waals surface area contributed by atoms with Crippen LogP contribution < -0.4 is 10.5 Å². The first-order chi connectivity index (χ1) is 9.29. The van der Waals surface area contributed by atoms with E-state index < -0.39 is 15.8 Å². The summed E-state index contributed by atoms with van der Waals surface area (Å²) in [6.07, 6.45) is 0. The predicted octanol–water partition coefficient (Wildman–Crippen LogP) is 3.02. The fourth-order valence-electron chi connectivity index (χ4n) is 1.60. The van der Waals surface area contributed by atoms with Gasteiger partial charge in [-0.2, -0.15) is 0 Å². The summed E-state index contributed by atoms with van der Waals surface area (Å²) in [5, 5.41) is 0. The molecule has 1 aromatic carbocycles. The van der Waals surface area contributed by atoms with E-state index in [4.69, 9.17) is 5.73 Å². The van der Waals surface area contributed by atoms with Gasteiger partial charge in [0, 0.05) is 16.3 Å². The quantitative estimate of drug-likeness (QED) is 0.803. The number of benzene rings is 1. The van der Waals surface area contributed by atoms with Gasteiger partial charge in [0.1, 0.15) is 10.7 Å². The Morgan fingerprint density at radius 1 is 1.40 bits per heavy atom. The summed E-state index contributed by atoms with van der Waals surface area (Å²) < 4.78 is 40.1. The van der Waals surface area contributed by atoms with Crippen molar-refractivity contribution in [2.45, 2.75) is 18.4 Å². The molecule has 0 aliphatic carbocycles. The zero-order valence-corrected chi connectivity index (χ0v) is 13.7. The Labute approximate surface area is 129 Å². The number of rotatable bonds is 4. The van der Waals surface area contributed by atoms with Crippen molar-refractivity contribution in [2.75, 3.05) is 5.73 Å². The molecule has 2 rings (SSSR count). The number of sulfonamides is 1. The number of anilines is 1. The molecule has 4 nitrogen and oxygen atoms in total. The molecule has 0 radical (unpaired) electrons. The van der Waals surface area contributed by atoms with Crippen molar-refractivity contribution in [1.29, 1.82) is 0 Å². The molecule has 0 spiro atoms. The summed E-state index contributed by atoms with van der Waals surface area (Å²) in [4.78, 5) is 1.85. The highest BCUT2D eigenvalue weighted by Crippen LogP contribution is 2.26. The minimum atomic E-state index is -3.78. The van der Waals surface area contributed by atoms with Crippen LogP contribution in [0.5, 0.6) is 0 Å². The lowest BCUT2D eigenvalue weighted by molar-refractivity contribution is 0.581. The Hall–Kier alpha value is -0.960. The molecule has 0 saturated carbocycles. The molecular weight excluding hydrogens is 367 g/mol. The number of halogens is 2. The molecular formula is C12H12BrFN2O2S2. The third-order valence-corrected chi connectivity index (χ3v) is 5.64. The minimum absolute atomic E-state index is 0.0547. The lowest BCUT2D eigenvalue weighted by Gasteiger charge is -2.09. The number of thiophene rings is 1. The number of nitrogens with one attached hydrogen (secondary N) is 1. The molecule has 108 valence electrons. The minimum Gasteiger partial charge on any atom is -0.398 e. The summed E-state index contributed by atoms with van der Waals surface area (Å²) in [6.45, 7) is 2.12. The maximum absolute atomic E-state index is 13.3. The van der Waals surface area contributed by atoms with Gasteiger partial charge < -0.3 is 5.73 Å². The third kappa shape index (κ3) is 3.38. The molecule has 0 atom stereocenters. The summed E-state index contributed by atoms with van der Waals surface area (Å²) >= 11 is 4.46. The average molecular weight is 379 g/mol. The van der Waals surface area contributed by atoms with E-state index in [1.54, 1.807) is 0 Å². The molecule has 20 heavy (non-hydrogen) atoms. The highest BCUT2D eigenvalue weighted by molar-refractivity contribution is 9.10. The van der Waals surface area contributed by atoms with Gasteiger partial charge in [-0.05, 0) is 47.1 Å². The highest BCUT2D eigenvalue weighted by Gasteiger charge is 2.19. The van der Waals surface area contributed by atoms with E-state index in [9.17, 15) is 12.8 Å². The lowest BCUT2D eigenvalue weighted by Crippen LogP contribution is -2.24. The molecule has 0 amide bonds. The van der Waals surface area contributed by atoms with Gasteiger partial charge in [-0.1, -0.05) is 0 Å². The molecule has 1 heterocycles. The van der Waals surface area contributed by atoms with Crippen molar-refractivity contribution in [3.05, 3.63) is 44.3 Å². The maximum Gasteiger partial charge on any atom is 0.242 e. The number of nitrogens with two attached hydrogens (primary N) is 1. The van der Waals surface area contributed by atoms with Gasteiger partial charge in [0.05, 0.1) is 10.2 Å². The van der Waals surface area contributed by atoms with Crippen LogP contribution in [0.15, 0.2) is 33.6 Å². The summed E-state index contributed by atoms with van der Waals surface area (Å²) in [5.41, 5.74) is 5.45. The number of hydrogen-bond donors (Lipinski definition) is 2. The number of aryl methyl sites for hydroxylation is 1. The average Bonchev–Trinajstić information content (AvgIpc) is 2.77. The van der Waals surface area contributed by atoms with Crippen molar-refractivity contribution in [3.8, 4) is 0 Å². The standard InChI is InChI=1S/C12H12BrFN2O2S2/c1-7-2-3-8(19-7)6-16-20(17,18)12-4-9(13)10(14)5-11(12)15/h2-5,16H,6,15H2,1H3. The molecule has 8 heteroatoms. The molecule has 2 aromatic rings. The smallest absolute Gasteiger partial charge is 0.242 e. The fourth-order valence-corrected chi connectivity index (χ4v) is 4.16. The van der Waals surface area contributed by atoms with Crippen LogP contribution in [-0.2, 0) is 16.6 Å². The molecule has 0 bridgehead atoms. The highest BCUT2D eigenvalue weighted by atomic mass is 79.9. The second-order valence-corrected chi connectivity index (χ2v) is 8.10. The zero-order valence-electron chi connectivity index (χ0n) is 10.5. The Bertz CT molecular complexity index is 744. The van der Waals surface area contributed by atoms with E-state index in [0.29, 0.717) is 0 Å². The number of nitrogen functional groups attached to an aromatic ring is 1. The molecule has 0 fully saturated rings. The first-order valence-corrected chi connectivity index (χ1v) is 8.68. The van der Waals surface area contributed by atoms with Crippen LogP contribution in [0.4, 0.5) is 10.1 Å². The van der Waals surface area contributed by atoms with Crippen LogP contribution in [0.25, 0.3) is 0 Å². The van der Waals surface area contributed by atoms with Crippen molar-refractivity contribution in [2.24, 2.45) is 0 Å². The van der Waals surface area contributed by atoms with Crippen LogP contribution in [0.1, 0.15) is 9.75 Å². The topological polar surface area (TPSA) is 72.2 Å². The first kappa shape index (κ1) is 15.4. The van der Waals surface area contributed by atoms with E-state index in [-0.39, 0.29) is 21.6 Å². The van der Waals surface area contributed by atoms with Crippen LogP contribution >= 0.6 is 27.3 Å². The summed E-state index contributed by atoms with van der Waals surface area (Å²) in [6, 6.07) is 5.91. The third-order valence-electron chi connectivity index (χ3n) is 2.57. The fraction of sp³-hybridized carbons (Fsp3) is 0.167. The van der Waals surface area contributed by atoms with Gasteiger partial charge in [-0.25, -0.2) is 17.5 Å². The van der Waals surface area contributed by atoms with E-state index in [1.165, 1.54) is 11.3 Å². The predicted molar refractivity (Wildman–Crippen MR) is 81.6 cm³/mol. The van der Waals surface area contributed by atoms with E-state index in [0.717, 1.165) is 21.9 Å². The SMILES string of the molecule is Cc1ccc(CNS(=O)(=O)c2cc(Br)c(F)cc2N)s1. The molecule has 0 unspecified atom stereocenters. The molecule has 0 aliphatic rings. The van der Waals surface area contributed by atoms with Gasteiger partial charge in [0.25, 0.3) is 0 Å². The van der Waals surface area contributed by atoms with Gasteiger partial charge >= 0.3 is 0 Å². The Balaban J connectivity index is 2.24. The van der Waals surface area contributed by atoms with Gasteiger partial charge in [-0.15, -0.1) is 11.3 Å². The van der Waals surface area contributed by atoms with Crippen LogP contribution in [0, 0.1) is 12.7 Å². The molecule has 3 N–H and O–H groups in total. The van der Waals surface area contributed by atoms with E-state index in [2.05, 4.69) is 20.7 Å². The van der Waals surface area contributed by atoms with Crippen LogP contribution in [-0.4, -0.2) is 8.42 Å². The normalized spacial score (nSPS) is 11.8. The second kappa shape index (κ2) is 5.80. The monoisotopic (exact) mass is 378 g/mol. The molecule has 1 aromatic heterocycles. The Morgan fingerprint density at radius 3 is 2.70 bits per heavy atom. The van der Waals surface area contributed by atoms with Crippen molar-refractivity contribution in [1.82, 2.24) is 4.72 Å². The zero-order chi connectivity index (χ0) is 14.9. The van der Waals surface area contributed by atoms with Gasteiger partial charge in [-0.3, -0.25) is 0 Å². The maximum atomic E-state index is 13.3. The first-order valence-electron chi connectivity index (χ1n) is 5.59. The summed E-state index contributed by atoms with van der Waals surface area (Å²) in [7, 11) is -3.78. The van der Waals surface area contributed by atoms with E-state index in [1.807, 2.05) is 19.1 Å². The van der Waals surface area contributed by atoms with Crippen molar-refractivity contribution >= 4 is 43.0 Å². The second-order valence-electron chi connectivity index (χ2n) is 4.14. The van der Waals surface area contributed by atoms with Crippen molar-refractivity contribution in [3.63, 3.8) is 0 Å². The van der Waals surface area contributed by atoms with Crippen LogP contribution in [0.3, 0.4) is 0 Å².